The monoisotopic (exact) mass is 333 g/mol. The van der Waals surface area contributed by atoms with Crippen LogP contribution in [-0.2, 0) is 21.3 Å². The van der Waals surface area contributed by atoms with Gasteiger partial charge in [0, 0.05) is 6.92 Å². The molecule has 0 spiro atoms. The third-order valence-electron chi connectivity index (χ3n) is 3.15. The molecular formula is C17H19NO4S. The second kappa shape index (κ2) is 7.28. The maximum atomic E-state index is 12.4. The first-order valence-corrected chi connectivity index (χ1v) is 8.73. The molecule has 0 saturated heterocycles. The van der Waals surface area contributed by atoms with Crippen molar-refractivity contribution < 1.29 is 17.4 Å². The van der Waals surface area contributed by atoms with Gasteiger partial charge in [0.1, 0.15) is 4.90 Å². The van der Waals surface area contributed by atoms with Gasteiger partial charge >= 0.3 is 10.1 Å². The molecule has 0 heterocycles. The Morgan fingerprint density at radius 1 is 1.09 bits per heavy atom. The van der Waals surface area contributed by atoms with Crippen molar-refractivity contribution in [3.63, 3.8) is 0 Å². The van der Waals surface area contributed by atoms with E-state index in [1.54, 1.807) is 30.3 Å². The molecule has 0 saturated carbocycles. The van der Waals surface area contributed by atoms with E-state index >= 15 is 0 Å². The van der Waals surface area contributed by atoms with Gasteiger partial charge in [-0.15, -0.1) is 0 Å². The summed E-state index contributed by atoms with van der Waals surface area (Å²) in [5, 5.41) is 2.54. The lowest BCUT2D eigenvalue weighted by molar-refractivity contribution is -0.114. The van der Waals surface area contributed by atoms with Crippen LogP contribution in [0.15, 0.2) is 53.4 Å². The Morgan fingerprint density at radius 2 is 1.74 bits per heavy atom. The molecule has 0 aromatic heterocycles. The van der Waals surface area contributed by atoms with E-state index in [0.29, 0.717) is 5.69 Å². The Morgan fingerprint density at radius 3 is 2.35 bits per heavy atom. The molecule has 2 rings (SSSR count). The molecule has 0 aliphatic carbocycles. The minimum atomic E-state index is -3.95. The summed E-state index contributed by atoms with van der Waals surface area (Å²) in [7, 11) is -3.95. The first kappa shape index (κ1) is 17.0. The topological polar surface area (TPSA) is 72.5 Å². The summed E-state index contributed by atoms with van der Waals surface area (Å²) < 4.78 is 29.9. The molecule has 0 fully saturated rings. The molecule has 0 aliphatic heterocycles. The number of carbonyl (C=O) groups is 1. The van der Waals surface area contributed by atoms with Gasteiger partial charge in [0.15, 0.2) is 5.75 Å². The summed E-state index contributed by atoms with van der Waals surface area (Å²) in [4.78, 5) is 11.3. The Balaban J connectivity index is 2.26. The summed E-state index contributed by atoms with van der Waals surface area (Å²) in [6, 6.07) is 13.0. The van der Waals surface area contributed by atoms with E-state index in [-0.39, 0.29) is 16.6 Å². The lowest BCUT2D eigenvalue weighted by Gasteiger charge is -2.11. The number of para-hydroxylation sites is 2. The zero-order valence-corrected chi connectivity index (χ0v) is 13.9. The van der Waals surface area contributed by atoms with Gasteiger partial charge in [-0.05, 0) is 36.2 Å². The molecular weight excluding hydrogens is 314 g/mol. The van der Waals surface area contributed by atoms with Crippen LogP contribution in [0, 0.1) is 0 Å². The Bertz CT molecular complexity index is 782. The first-order chi connectivity index (χ1) is 10.9. The fourth-order valence-electron chi connectivity index (χ4n) is 2.11. The fraction of sp³-hybridized carbons (Fsp3) is 0.235. The molecule has 0 unspecified atom stereocenters. The number of nitrogens with one attached hydrogen (secondary N) is 1. The highest BCUT2D eigenvalue weighted by Crippen LogP contribution is 2.27. The average Bonchev–Trinajstić information content (AvgIpc) is 2.49. The summed E-state index contributed by atoms with van der Waals surface area (Å²) >= 11 is 0. The zero-order valence-electron chi connectivity index (χ0n) is 13.1. The van der Waals surface area contributed by atoms with Crippen molar-refractivity contribution in [1.29, 1.82) is 0 Å². The third-order valence-corrected chi connectivity index (χ3v) is 4.40. The largest absolute Gasteiger partial charge is 0.377 e. The normalized spacial score (nSPS) is 11.0. The van der Waals surface area contributed by atoms with Crippen LogP contribution in [0.25, 0.3) is 0 Å². The molecule has 1 amide bonds. The van der Waals surface area contributed by atoms with Gasteiger partial charge in [-0.3, -0.25) is 4.79 Å². The van der Waals surface area contributed by atoms with Crippen LogP contribution in [-0.4, -0.2) is 14.3 Å². The second-order valence-corrected chi connectivity index (χ2v) is 6.66. The Labute approximate surface area is 136 Å². The van der Waals surface area contributed by atoms with Gasteiger partial charge in [0.2, 0.25) is 5.91 Å². The highest BCUT2D eigenvalue weighted by molar-refractivity contribution is 7.87. The number of hydrogen-bond donors (Lipinski definition) is 1. The van der Waals surface area contributed by atoms with E-state index in [2.05, 4.69) is 12.2 Å². The van der Waals surface area contributed by atoms with Crippen molar-refractivity contribution >= 4 is 21.7 Å². The maximum Gasteiger partial charge on any atom is 0.339 e. The number of benzene rings is 2. The van der Waals surface area contributed by atoms with E-state index in [1.807, 2.05) is 0 Å². The Hall–Kier alpha value is -2.34. The highest BCUT2D eigenvalue weighted by atomic mass is 32.2. The van der Waals surface area contributed by atoms with E-state index in [9.17, 15) is 13.2 Å². The lowest BCUT2D eigenvalue weighted by Crippen LogP contribution is -2.13. The predicted octanol–water partition coefficient (Wildman–Crippen LogP) is 3.37. The van der Waals surface area contributed by atoms with E-state index in [0.717, 1.165) is 18.4 Å². The summed E-state index contributed by atoms with van der Waals surface area (Å²) in [5.74, 6) is -0.220. The summed E-state index contributed by atoms with van der Waals surface area (Å²) in [5.41, 5.74) is 1.39. The number of rotatable bonds is 6. The molecule has 6 heteroatoms. The van der Waals surface area contributed by atoms with Gasteiger partial charge in [0.05, 0.1) is 5.69 Å². The molecule has 2 aromatic carbocycles. The van der Waals surface area contributed by atoms with Crippen molar-refractivity contribution in [3.05, 3.63) is 54.1 Å². The number of anilines is 1. The molecule has 5 nitrogen and oxygen atoms in total. The fourth-order valence-corrected chi connectivity index (χ4v) is 3.06. The van der Waals surface area contributed by atoms with Gasteiger partial charge in [0.25, 0.3) is 0 Å². The number of carbonyl (C=O) groups excluding carboxylic acids is 1. The van der Waals surface area contributed by atoms with Crippen molar-refractivity contribution in [1.82, 2.24) is 0 Å². The van der Waals surface area contributed by atoms with E-state index in [1.165, 1.54) is 25.1 Å². The van der Waals surface area contributed by atoms with Crippen molar-refractivity contribution in [2.24, 2.45) is 0 Å². The number of amides is 1. The quantitative estimate of drug-likeness (QED) is 0.823. The molecule has 0 atom stereocenters. The molecule has 2 aromatic rings. The van der Waals surface area contributed by atoms with Crippen LogP contribution in [0.3, 0.4) is 0 Å². The van der Waals surface area contributed by atoms with Gasteiger partial charge in [-0.1, -0.05) is 37.6 Å². The lowest BCUT2D eigenvalue weighted by atomic mass is 10.1. The van der Waals surface area contributed by atoms with Crippen LogP contribution >= 0.6 is 0 Å². The van der Waals surface area contributed by atoms with E-state index < -0.39 is 10.1 Å². The Kier molecular flexibility index (Phi) is 5.39. The van der Waals surface area contributed by atoms with E-state index in [4.69, 9.17) is 4.18 Å². The molecule has 0 aliphatic rings. The van der Waals surface area contributed by atoms with Crippen molar-refractivity contribution in [2.45, 2.75) is 31.6 Å². The third kappa shape index (κ3) is 4.56. The first-order valence-electron chi connectivity index (χ1n) is 7.32. The maximum absolute atomic E-state index is 12.4. The van der Waals surface area contributed by atoms with Crippen LogP contribution in [0.5, 0.6) is 5.75 Å². The summed E-state index contributed by atoms with van der Waals surface area (Å²) in [6.07, 6.45) is 1.89. The average molecular weight is 333 g/mol. The van der Waals surface area contributed by atoms with Crippen LogP contribution in [0.4, 0.5) is 5.69 Å². The molecule has 23 heavy (non-hydrogen) atoms. The second-order valence-electron chi connectivity index (χ2n) is 5.11. The van der Waals surface area contributed by atoms with Crippen LogP contribution < -0.4 is 9.50 Å². The van der Waals surface area contributed by atoms with Crippen molar-refractivity contribution in [2.75, 3.05) is 5.32 Å². The van der Waals surface area contributed by atoms with Gasteiger partial charge in [-0.25, -0.2) is 0 Å². The number of aryl methyl sites for hydroxylation is 1. The predicted molar refractivity (Wildman–Crippen MR) is 89.0 cm³/mol. The minimum absolute atomic E-state index is 0.0787. The SMILES string of the molecule is CCCc1ccc(S(=O)(=O)Oc2ccccc2NC(C)=O)cc1. The van der Waals surface area contributed by atoms with Crippen LogP contribution in [0.2, 0.25) is 0 Å². The van der Waals surface area contributed by atoms with Crippen molar-refractivity contribution in [3.8, 4) is 5.75 Å². The zero-order chi connectivity index (χ0) is 16.9. The number of hydrogen-bond acceptors (Lipinski definition) is 4. The van der Waals surface area contributed by atoms with Crippen LogP contribution in [0.1, 0.15) is 25.8 Å². The highest BCUT2D eigenvalue weighted by Gasteiger charge is 2.18. The molecule has 0 radical (unpaired) electrons. The van der Waals surface area contributed by atoms with Gasteiger partial charge < -0.3 is 9.50 Å². The smallest absolute Gasteiger partial charge is 0.339 e. The molecule has 0 bridgehead atoms. The molecule has 1 N–H and O–H groups in total. The molecule has 122 valence electrons. The van der Waals surface area contributed by atoms with Gasteiger partial charge in [-0.2, -0.15) is 8.42 Å². The summed E-state index contributed by atoms with van der Waals surface area (Å²) in [6.45, 7) is 3.41. The minimum Gasteiger partial charge on any atom is -0.377 e. The standard InChI is InChI=1S/C17H19NO4S/c1-3-6-14-9-11-15(12-10-14)23(20,21)22-17-8-5-4-7-16(17)18-13(2)19/h4-5,7-12H,3,6H2,1-2H3,(H,18,19).